The number of thioether (sulfide) groups is 1. The van der Waals surface area contributed by atoms with Crippen molar-refractivity contribution in [3.05, 3.63) is 69.6 Å². The Kier molecular flexibility index (Phi) is 6.54. The number of aliphatic imine (C=N–C) groups is 1. The van der Waals surface area contributed by atoms with E-state index in [1.807, 2.05) is 32.1 Å². The Hall–Kier alpha value is -2.86. The third kappa shape index (κ3) is 4.95. The number of rotatable bonds is 5. The van der Waals surface area contributed by atoms with Gasteiger partial charge in [0, 0.05) is 5.56 Å². The van der Waals surface area contributed by atoms with Crippen LogP contribution in [0.1, 0.15) is 53.7 Å². The Morgan fingerprint density at radius 2 is 1.97 bits per heavy atom. The molecule has 0 bridgehead atoms. The van der Waals surface area contributed by atoms with Gasteiger partial charge < -0.3 is 10.1 Å². The summed E-state index contributed by atoms with van der Waals surface area (Å²) in [5.74, 6) is 0.532. The first-order valence-corrected chi connectivity index (χ1v) is 10.4. The highest BCUT2D eigenvalue weighted by Crippen LogP contribution is 2.33. The first kappa shape index (κ1) is 20.9. The summed E-state index contributed by atoms with van der Waals surface area (Å²) in [7, 11) is 0. The molecule has 1 N–H and O–H groups in total. The molecule has 5 nitrogen and oxygen atoms in total. The van der Waals surface area contributed by atoms with Crippen molar-refractivity contribution in [3.8, 4) is 5.75 Å². The topological polar surface area (TPSA) is 67.8 Å². The van der Waals surface area contributed by atoms with Gasteiger partial charge in [0.1, 0.15) is 5.75 Å². The van der Waals surface area contributed by atoms with Gasteiger partial charge in [0.15, 0.2) is 5.17 Å². The molecule has 0 aliphatic carbocycles. The maximum atomic E-state index is 12.4. The summed E-state index contributed by atoms with van der Waals surface area (Å²) in [5, 5.41) is 2.97. The third-order valence-electron chi connectivity index (χ3n) is 4.48. The number of ether oxygens (including phenoxy) is 1. The maximum Gasteiger partial charge on any atom is 0.279 e. The Morgan fingerprint density at radius 3 is 2.62 bits per heavy atom. The van der Waals surface area contributed by atoms with Crippen LogP contribution in [0.4, 0.5) is 0 Å². The molecule has 3 rings (SSSR count). The highest BCUT2D eigenvalue weighted by Gasteiger charge is 2.25. The van der Waals surface area contributed by atoms with Crippen LogP contribution in [0, 0.1) is 6.92 Å². The molecule has 150 valence electrons. The minimum Gasteiger partial charge on any atom is -0.494 e. The van der Waals surface area contributed by atoms with Gasteiger partial charge in [0.05, 0.1) is 11.5 Å². The van der Waals surface area contributed by atoms with Crippen LogP contribution in [-0.2, 0) is 4.79 Å². The van der Waals surface area contributed by atoms with E-state index in [4.69, 9.17) is 4.74 Å². The summed E-state index contributed by atoms with van der Waals surface area (Å²) in [6.07, 6.45) is 1.84. The maximum absolute atomic E-state index is 12.4. The monoisotopic (exact) mass is 408 g/mol. The lowest BCUT2D eigenvalue weighted by atomic mass is 9.96. The van der Waals surface area contributed by atoms with E-state index in [9.17, 15) is 9.59 Å². The SMILES string of the molecule is CCOc1cc(C)c(/C=C2\SC(=NC(=O)c3ccccc3)NC2=O)cc1C(C)C. The van der Waals surface area contributed by atoms with Crippen LogP contribution >= 0.6 is 11.8 Å². The van der Waals surface area contributed by atoms with Crippen LogP contribution in [0.5, 0.6) is 5.75 Å². The van der Waals surface area contributed by atoms with E-state index in [-0.39, 0.29) is 11.8 Å². The highest BCUT2D eigenvalue weighted by atomic mass is 32.2. The lowest BCUT2D eigenvalue weighted by molar-refractivity contribution is -0.115. The first-order chi connectivity index (χ1) is 13.9. The van der Waals surface area contributed by atoms with Crippen LogP contribution in [-0.4, -0.2) is 23.6 Å². The number of benzene rings is 2. The molecule has 0 unspecified atom stereocenters. The number of amides is 2. The fourth-order valence-electron chi connectivity index (χ4n) is 2.96. The van der Waals surface area contributed by atoms with Gasteiger partial charge in [-0.1, -0.05) is 32.0 Å². The molecule has 0 aromatic heterocycles. The van der Waals surface area contributed by atoms with Crippen molar-refractivity contribution in [2.45, 2.75) is 33.6 Å². The Labute approximate surface area is 175 Å². The second-order valence-corrected chi connectivity index (χ2v) is 8.02. The predicted octanol–water partition coefficient (Wildman–Crippen LogP) is 4.92. The Bertz CT molecular complexity index is 995. The van der Waals surface area contributed by atoms with Gasteiger partial charge in [-0.05, 0) is 78.6 Å². The van der Waals surface area contributed by atoms with E-state index in [1.54, 1.807) is 24.3 Å². The number of nitrogens with one attached hydrogen (secondary N) is 1. The number of hydrogen-bond acceptors (Lipinski definition) is 4. The molecule has 0 atom stereocenters. The number of aryl methyl sites for hydroxylation is 1. The standard InChI is InChI=1S/C23H24N2O3S/c1-5-28-19-11-15(4)17(12-18(19)14(2)3)13-20-22(27)25-23(29-20)24-21(26)16-9-7-6-8-10-16/h6-14H,5H2,1-4H3,(H,24,25,26,27)/b20-13-. The van der Waals surface area contributed by atoms with Crippen LogP contribution in [0.15, 0.2) is 52.4 Å². The molecule has 1 fully saturated rings. The summed E-state index contributed by atoms with van der Waals surface area (Å²) in [5.41, 5.74) is 3.55. The molecular formula is C23H24N2O3S. The van der Waals surface area contributed by atoms with Gasteiger partial charge in [0.2, 0.25) is 0 Å². The van der Waals surface area contributed by atoms with Crippen LogP contribution < -0.4 is 10.1 Å². The van der Waals surface area contributed by atoms with Crippen LogP contribution in [0.2, 0.25) is 0 Å². The van der Waals surface area contributed by atoms with Crippen molar-refractivity contribution < 1.29 is 14.3 Å². The zero-order chi connectivity index (χ0) is 21.0. The molecule has 1 saturated heterocycles. The smallest absolute Gasteiger partial charge is 0.279 e. The summed E-state index contributed by atoms with van der Waals surface area (Å²) < 4.78 is 5.77. The molecular weight excluding hydrogens is 384 g/mol. The fourth-order valence-corrected chi connectivity index (χ4v) is 3.77. The molecule has 0 radical (unpaired) electrons. The average Bonchev–Trinajstić information content (AvgIpc) is 3.03. The van der Waals surface area contributed by atoms with E-state index in [0.29, 0.717) is 28.2 Å². The van der Waals surface area contributed by atoms with Crippen molar-refractivity contribution in [1.82, 2.24) is 5.32 Å². The van der Waals surface area contributed by atoms with Crippen molar-refractivity contribution in [3.63, 3.8) is 0 Å². The molecule has 2 aromatic rings. The Morgan fingerprint density at radius 1 is 1.24 bits per heavy atom. The molecule has 2 aromatic carbocycles. The minimum absolute atomic E-state index is 0.256. The van der Waals surface area contributed by atoms with Gasteiger partial charge in [-0.3, -0.25) is 9.59 Å². The van der Waals surface area contributed by atoms with Crippen molar-refractivity contribution in [2.75, 3.05) is 6.61 Å². The lowest BCUT2D eigenvalue weighted by Crippen LogP contribution is -2.20. The Balaban J connectivity index is 1.87. The number of nitrogens with zero attached hydrogens (tertiary/aromatic N) is 1. The molecule has 0 spiro atoms. The fraction of sp³-hybridized carbons (Fsp3) is 0.261. The van der Waals surface area contributed by atoms with Crippen LogP contribution in [0.3, 0.4) is 0 Å². The molecule has 6 heteroatoms. The third-order valence-corrected chi connectivity index (χ3v) is 5.39. The normalized spacial score (nSPS) is 16.5. The van der Waals surface area contributed by atoms with E-state index >= 15 is 0 Å². The van der Waals surface area contributed by atoms with Crippen molar-refractivity contribution >= 4 is 34.8 Å². The van der Waals surface area contributed by atoms with E-state index in [0.717, 1.165) is 22.4 Å². The van der Waals surface area contributed by atoms with Gasteiger partial charge >= 0.3 is 0 Å². The first-order valence-electron chi connectivity index (χ1n) is 9.55. The van der Waals surface area contributed by atoms with Gasteiger partial charge in [-0.25, -0.2) is 0 Å². The largest absolute Gasteiger partial charge is 0.494 e. The second kappa shape index (κ2) is 9.09. The molecule has 1 aliphatic rings. The summed E-state index contributed by atoms with van der Waals surface area (Å²) >= 11 is 1.17. The minimum atomic E-state index is -0.381. The number of carbonyl (C=O) groups excluding carboxylic acids is 2. The second-order valence-electron chi connectivity index (χ2n) is 6.99. The number of hydrogen-bond donors (Lipinski definition) is 1. The average molecular weight is 409 g/mol. The zero-order valence-electron chi connectivity index (χ0n) is 17.0. The van der Waals surface area contributed by atoms with Gasteiger partial charge in [0.25, 0.3) is 11.8 Å². The van der Waals surface area contributed by atoms with Crippen molar-refractivity contribution in [1.29, 1.82) is 0 Å². The number of carbonyl (C=O) groups is 2. The molecule has 2 amide bonds. The van der Waals surface area contributed by atoms with E-state index in [2.05, 4.69) is 30.2 Å². The predicted molar refractivity (Wildman–Crippen MR) is 118 cm³/mol. The molecule has 29 heavy (non-hydrogen) atoms. The highest BCUT2D eigenvalue weighted by molar-refractivity contribution is 8.18. The summed E-state index contributed by atoms with van der Waals surface area (Å²) in [6, 6.07) is 12.9. The van der Waals surface area contributed by atoms with Gasteiger partial charge in [-0.15, -0.1) is 0 Å². The number of amidine groups is 1. The van der Waals surface area contributed by atoms with E-state index in [1.165, 1.54) is 11.8 Å². The quantitative estimate of drug-likeness (QED) is 0.713. The molecule has 1 aliphatic heterocycles. The zero-order valence-corrected chi connectivity index (χ0v) is 17.8. The van der Waals surface area contributed by atoms with E-state index < -0.39 is 0 Å². The van der Waals surface area contributed by atoms with Gasteiger partial charge in [-0.2, -0.15) is 4.99 Å². The summed E-state index contributed by atoms with van der Waals surface area (Å²) in [6.45, 7) is 8.78. The summed E-state index contributed by atoms with van der Waals surface area (Å²) in [4.78, 5) is 29.2. The lowest BCUT2D eigenvalue weighted by Gasteiger charge is -2.16. The molecule has 1 heterocycles. The molecule has 0 saturated carbocycles. The van der Waals surface area contributed by atoms with Crippen LogP contribution in [0.25, 0.3) is 6.08 Å². The van der Waals surface area contributed by atoms with Crippen molar-refractivity contribution in [2.24, 2.45) is 4.99 Å².